The molecule has 0 saturated carbocycles. The molecule has 2 nitrogen and oxygen atoms in total. The quantitative estimate of drug-likeness (QED) is 0.587. The third kappa shape index (κ3) is 1.05. The summed E-state index contributed by atoms with van der Waals surface area (Å²) in [6, 6.07) is 6.07. The van der Waals surface area contributed by atoms with E-state index in [-0.39, 0.29) is 0 Å². The molecule has 0 amide bonds. The summed E-state index contributed by atoms with van der Waals surface area (Å²) < 4.78 is 0. The summed E-state index contributed by atoms with van der Waals surface area (Å²) in [7, 11) is 0. The van der Waals surface area contributed by atoms with E-state index in [1.807, 2.05) is 32.2 Å². The van der Waals surface area contributed by atoms with E-state index in [4.69, 9.17) is 0 Å². The van der Waals surface area contributed by atoms with Gasteiger partial charge in [0, 0.05) is 17.3 Å². The Labute approximate surface area is 71.3 Å². The van der Waals surface area contributed by atoms with E-state index in [0.717, 1.165) is 22.3 Å². The van der Waals surface area contributed by atoms with Crippen LogP contribution in [-0.4, -0.2) is 9.97 Å². The van der Waals surface area contributed by atoms with E-state index >= 15 is 0 Å². The maximum atomic E-state index is 4.41. The lowest BCUT2D eigenvalue weighted by molar-refractivity contribution is 1.17. The molecular formula is C10H10N2. The summed E-state index contributed by atoms with van der Waals surface area (Å²) in [4.78, 5) is 8.60. The van der Waals surface area contributed by atoms with Gasteiger partial charge in [-0.25, -0.2) is 0 Å². The van der Waals surface area contributed by atoms with Crippen LogP contribution in [0.1, 0.15) is 11.4 Å². The first-order valence-electron chi connectivity index (χ1n) is 3.96. The van der Waals surface area contributed by atoms with Crippen molar-refractivity contribution in [3.8, 4) is 0 Å². The van der Waals surface area contributed by atoms with Crippen molar-refractivity contribution in [1.82, 2.24) is 9.97 Å². The fourth-order valence-corrected chi connectivity index (χ4v) is 1.28. The van der Waals surface area contributed by atoms with Gasteiger partial charge in [-0.2, -0.15) is 0 Å². The zero-order chi connectivity index (χ0) is 8.55. The topological polar surface area (TPSA) is 25.8 Å². The average Bonchev–Trinajstić information content (AvgIpc) is 2.07. The Morgan fingerprint density at radius 3 is 2.75 bits per heavy atom. The summed E-state index contributed by atoms with van der Waals surface area (Å²) in [6.45, 7) is 3.97. The van der Waals surface area contributed by atoms with Crippen molar-refractivity contribution < 1.29 is 0 Å². The molecule has 0 aliphatic carbocycles. The van der Waals surface area contributed by atoms with Gasteiger partial charge in [0.2, 0.25) is 0 Å². The van der Waals surface area contributed by atoms with Gasteiger partial charge < -0.3 is 0 Å². The number of rotatable bonds is 0. The number of fused-ring (bicyclic) bond motifs is 1. The zero-order valence-corrected chi connectivity index (χ0v) is 7.20. The van der Waals surface area contributed by atoms with E-state index in [1.54, 1.807) is 0 Å². The molecule has 2 heteroatoms. The van der Waals surface area contributed by atoms with Crippen LogP contribution < -0.4 is 0 Å². The third-order valence-corrected chi connectivity index (χ3v) is 1.93. The predicted molar refractivity (Wildman–Crippen MR) is 49.0 cm³/mol. The molecule has 0 aliphatic rings. The van der Waals surface area contributed by atoms with Crippen molar-refractivity contribution in [3.05, 3.63) is 35.8 Å². The van der Waals surface area contributed by atoms with Crippen LogP contribution >= 0.6 is 0 Å². The first-order chi connectivity index (χ1) is 5.77. The van der Waals surface area contributed by atoms with E-state index < -0.39 is 0 Å². The Morgan fingerprint density at radius 2 is 1.92 bits per heavy atom. The van der Waals surface area contributed by atoms with Gasteiger partial charge in [-0.15, -0.1) is 0 Å². The smallest absolute Gasteiger partial charge is 0.0917 e. The minimum absolute atomic E-state index is 0.996. The Bertz CT molecular complexity index is 421. The number of aromatic nitrogens is 2. The maximum absolute atomic E-state index is 4.41. The normalized spacial score (nSPS) is 10.5. The van der Waals surface area contributed by atoms with Crippen molar-refractivity contribution in [1.29, 1.82) is 0 Å². The highest BCUT2D eigenvalue weighted by Crippen LogP contribution is 2.13. The van der Waals surface area contributed by atoms with E-state index in [2.05, 4.69) is 16.0 Å². The molecule has 2 heterocycles. The first kappa shape index (κ1) is 7.22. The highest BCUT2D eigenvalue weighted by molar-refractivity contribution is 5.80. The van der Waals surface area contributed by atoms with Crippen molar-refractivity contribution in [2.24, 2.45) is 0 Å². The minimum atomic E-state index is 0.996. The molecule has 60 valence electrons. The van der Waals surface area contributed by atoms with E-state index in [1.165, 1.54) is 0 Å². The molecule has 0 aliphatic heterocycles. The summed E-state index contributed by atoms with van der Waals surface area (Å²) in [5, 5.41) is 1.16. The lowest BCUT2D eigenvalue weighted by Gasteiger charge is -2.00. The standard InChI is InChI=1S/C10H10N2/c1-7-3-4-9-5-6-11-8(2)10(9)12-7/h3-6H,1-2H3. The lowest BCUT2D eigenvalue weighted by Crippen LogP contribution is -1.88. The Kier molecular flexibility index (Phi) is 1.54. The van der Waals surface area contributed by atoms with Gasteiger partial charge in [-0.3, -0.25) is 9.97 Å². The molecular weight excluding hydrogens is 148 g/mol. The summed E-state index contributed by atoms with van der Waals surface area (Å²) >= 11 is 0. The predicted octanol–water partition coefficient (Wildman–Crippen LogP) is 2.25. The summed E-state index contributed by atoms with van der Waals surface area (Å²) in [5.41, 5.74) is 3.05. The second-order valence-corrected chi connectivity index (χ2v) is 2.92. The van der Waals surface area contributed by atoms with Gasteiger partial charge in [-0.1, -0.05) is 6.07 Å². The Hall–Kier alpha value is -1.44. The number of hydrogen-bond acceptors (Lipinski definition) is 2. The molecule has 0 saturated heterocycles. The largest absolute Gasteiger partial charge is 0.259 e. The van der Waals surface area contributed by atoms with Crippen LogP contribution in [0.2, 0.25) is 0 Å². The monoisotopic (exact) mass is 158 g/mol. The number of aryl methyl sites for hydroxylation is 2. The van der Waals surface area contributed by atoms with Crippen LogP contribution in [-0.2, 0) is 0 Å². The van der Waals surface area contributed by atoms with Gasteiger partial charge >= 0.3 is 0 Å². The first-order valence-corrected chi connectivity index (χ1v) is 3.96. The van der Waals surface area contributed by atoms with Crippen LogP contribution in [0, 0.1) is 13.8 Å². The molecule has 0 atom stereocenters. The Balaban J connectivity index is 2.88. The molecule has 0 aromatic carbocycles. The van der Waals surface area contributed by atoms with Crippen LogP contribution in [0.3, 0.4) is 0 Å². The third-order valence-electron chi connectivity index (χ3n) is 1.93. The molecule has 2 aromatic heterocycles. The fraction of sp³-hybridized carbons (Fsp3) is 0.200. The molecule has 0 spiro atoms. The SMILES string of the molecule is Cc1ccc2ccnc(C)c2n1. The van der Waals surface area contributed by atoms with Gasteiger partial charge in [-0.05, 0) is 26.0 Å². The van der Waals surface area contributed by atoms with Gasteiger partial charge in [0.1, 0.15) is 0 Å². The zero-order valence-electron chi connectivity index (χ0n) is 7.20. The lowest BCUT2D eigenvalue weighted by atomic mass is 10.2. The highest BCUT2D eigenvalue weighted by Gasteiger charge is 1.97. The maximum Gasteiger partial charge on any atom is 0.0917 e. The van der Waals surface area contributed by atoms with Gasteiger partial charge in [0.25, 0.3) is 0 Å². The number of hydrogen-bond donors (Lipinski definition) is 0. The summed E-state index contributed by atoms with van der Waals surface area (Å²) in [6.07, 6.45) is 1.81. The van der Waals surface area contributed by atoms with Crippen LogP contribution in [0.25, 0.3) is 10.9 Å². The molecule has 0 fully saturated rings. The number of nitrogens with zero attached hydrogens (tertiary/aromatic N) is 2. The molecule has 0 radical (unpaired) electrons. The van der Waals surface area contributed by atoms with E-state index in [0.29, 0.717) is 0 Å². The average molecular weight is 158 g/mol. The Morgan fingerprint density at radius 1 is 1.08 bits per heavy atom. The van der Waals surface area contributed by atoms with Crippen LogP contribution in [0.5, 0.6) is 0 Å². The minimum Gasteiger partial charge on any atom is -0.259 e. The summed E-state index contributed by atoms with van der Waals surface area (Å²) in [5.74, 6) is 0. The second kappa shape index (κ2) is 2.55. The number of pyridine rings is 2. The molecule has 12 heavy (non-hydrogen) atoms. The molecule has 0 unspecified atom stereocenters. The van der Waals surface area contributed by atoms with Crippen LogP contribution in [0.15, 0.2) is 24.4 Å². The molecule has 0 bridgehead atoms. The van der Waals surface area contributed by atoms with E-state index in [9.17, 15) is 0 Å². The highest BCUT2D eigenvalue weighted by atomic mass is 14.8. The van der Waals surface area contributed by atoms with Gasteiger partial charge in [0.05, 0.1) is 11.2 Å². The van der Waals surface area contributed by atoms with Crippen LogP contribution in [0.4, 0.5) is 0 Å². The van der Waals surface area contributed by atoms with Crippen molar-refractivity contribution in [3.63, 3.8) is 0 Å². The van der Waals surface area contributed by atoms with Crippen molar-refractivity contribution >= 4 is 10.9 Å². The second-order valence-electron chi connectivity index (χ2n) is 2.92. The van der Waals surface area contributed by atoms with Crippen molar-refractivity contribution in [2.75, 3.05) is 0 Å². The molecule has 2 aromatic rings. The van der Waals surface area contributed by atoms with Gasteiger partial charge in [0.15, 0.2) is 0 Å². The van der Waals surface area contributed by atoms with Crippen molar-refractivity contribution in [2.45, 2.75) is 13.8 Å². The molecule has 0 N–H and O–H groups in total. The fourth-order valence-electron chi connectivity index (χ4n) is 1.28. The molecule has 2 rings (SSSR count).